The SMILES string of the molecule is C=CCc1c(C)ccc(C)c1NC(=O)c1cccc2c1C(=O)NC2=O. The summed E-state index contributed by atoms with van der Waals surface area (Å²) in [5.41, 5.74) is 4.21. The van der Waals surface area contributed by atoms with Crippen LogP contribution in [0.5, 0.6) is 0 Å². The van der Waals surface area contributed by atoms with Crippen LogP contribution in [-0.2, 0) is 6.42 Å². The molecular formula is C20H18N2O3. The van der Waals surface area contributed by atoms with Gasteiger partial charge in [-0.15, -0.1) is 6.58 Å². The van der Waals surface area contributed by atoms with E-state index in [-0.39, 0.29) is 16.7 Å². The molecule has 0 unspecified atom stereocenters. The molecule has 2 aromatic carbocycles. The van der Waals surface area contributed by atoms with E-state index in [1.807, 2.05) is 26.0 Å². The molecule has 3 rings (SSSR count). The Hall–Kier alpha value is -3.21. The summed E-state index contributed by atoms with van der Waals surface area (Å²) in [6, 6.07) is 8.61. The first kappa shape index (κ1) is 16.6. The first-order valence-corrected chi connectivity index (χ1v) is 7.94. The Balaban J connectivity index is 2.03. The Morgan fingerprint density at radius 2 is 1.84 bits per heavy atom. The van der Waals surface area contributed by atoms with Gasteiger partial charge in [0.05, 0.1) is 16.7 Å². The number of aryl methyl sites for hydroxylation is 2. The molecule has 0 aliphatic carbocycles. The summed E-state index contributed by atoms with van der Waals surface area (Å²) in [6.07, 6.45) is 2.40. The van der Waals surface area contributed by atoms with Crippen LogP contribution in [0.3, 0.4) is 0 Å². The Kier molecular flexibility index (Phi) is 4.23. The predicted molar refractivity (Wildman–Crippen MR) is 96.0 cm³/mol. The van der Waals surface area contributed by atoms with Gasteiger partial charge in [0.25, 0.3) is 17.7 Å². The van der Waals surface area contributed by atoms with E-state index in [0.717, 1.165) is 16.7 Å². The summed E-state index contributed by atoms with van der Waals surface area (Å²) in [6.45, 7) is 7.65. The minimum atomic E-state index is -0.543. The van der Waals surface area contributed by atoms with Crippen LogP contribution in [0.4, 0.5) is 5.69 Å². The lowest BCUT2D eigenvalue weighted by Gasteiger charge is -2.16. The third kappa shape index (κ3) is 2.85. The fourth-order valence-electron chi connectivity index (χ4n) is 3.04. The van der Waals surface area contributed by atoms with Gasteiger partial charge in [-0.2, -0.15) is 0 Å². The zero-order valence-electron chi connectivity index (χ0n) is 14.1. The quantitative estimate of drug-likeness (QED) is 0.666. The van der Waals surface area contributed by atoms with E-state index >= 15 is 0 Å². The number of fused-ring (bicyclic) bond motifs is 1. The fraction of sp³-hybridized carbons (Fsp3) is 0.150. The number of amides is 3. The first-order valence-electron chi connectivity index (χ1n) is 7.94. The molecule has 0 saturated heterocycles. The van der Waals surface area contributed by atoms with Crippen molar-refractivity contribution in [3.05, 3.63) is 76.4 Å². The van der Waals surface area contributed by atoms with E-state index < -0.39 is 17.7 Å². The molecule has 0 atom stereocenters. The summed E-state index contributed by atoms with van der Waals surface area (Å²) in [5.74, 6) is -1.44. The number of carbonyl (C=O) groups excluding carboxylic acids is 3. The standard InChI is InChI=1S/C20H18N2O3/c1-4-6-13-11(2)9-10-12(3)17(13)21-18(23)14-7-5-8-15-16(14)20(25)22-19(15)24/h4-5,7-10H,1,6H2,2-3H3,(H,21,23)(H,22,24,25). The highest BCUT2D eigenvalue weighted by molar-refractivity contribution is 6.26. The van der Waals surface area contributed by atoms with Gasteiger partial charge >= 0.3 is 0 Å². The molecule has 1 aliphatic rings. The number of carbonyl (C=O) groups is 3. The van der Waals surface area contributed by atoms with Crippen molar-refractivity contribution in [3.63, 3.8) is 0 Å². The van der Waals surface area contributed by atoms with Crippen LogP contribution < -0.4 is 10.6 Å². The van der Waals surface area contributed by atoms with Crippen molar-refractivity contribution < 1.29 is 14.4 Å². The van der Waals surface area contributed by atoms with E-state index in [1.54, 1.807) is 18.2 Å². The van der Waals surface area contributed by atoms with Crippen LogP contribution in [0.25, 0.3) is 0 Å². The second kappa shape index (κ2) is 6.36. The molecule has 0 fully saturated rings. The van der Waals surface area contributed by atoms with Crippen LogP contribution in [0.1, 0.15) is 47.8 Å². The highest BCUT2D eigenvalue weighted by Gasteiger charge is 2.31. The lowest BCUT2D eigenvalue weighted by Crippen LogP contribution is -2.22. The molecule has 1 heterocycles. The van der Waals surface area contributed by atoms with E-state index in [1.165, 1.54) is 6.07 Å². The van der Waals surface area contributed by atoms with Crippen molar-refractivity contribution in [1.82, 2.24) is 5.32 Å². The third-order valence-corrected chi connectivity index (χ3v) is 4.35. The smallest absolute Gasteiger partial charge is 0.259 e. The van der Waals surface area contributed by atoms with Gasteiger partial charge in [0.15, 0.2) is 0 Å². The molecule has 5 heteroatoms. The van der Waals surface area contributed by atoms with E-state index in [4.69, 9.17) is 0 Å². The lowest BCUT2D eigenvalue weighted by atomic mass is 9.98. The van der Waals surface area contributed by atoms with Crippen molar-refractivity contribution in [1.29, 1.82) is 0 Å². The van der Waals surface area contributed by atoms with Crippen LogP contribution in [0, 0.1) is 13.8 Å². The van der Waals surface area contributed by atoms with Crippen molar-refractivity contribution in [2.45, 2.75) is 20.3 Å². The van der Waals surface area contributed by atoms with Crippen LogP contribution in [0.2, 0.25) is 0 Å². The molecular weight excluding hydrogens is 316 g/mol. The van der Waals surface area contributed by atoms with Crippen molar-refractivity contribution >= 4 is 23.4 Å². The average Bonchev–Trinajstić information content (AvgIpc) is 2.88. The number of imide groups is 1. The summed E-state index contributed by atoms with van der Waals surface area (Å²) >= 11 is 0. The van der Waals surface area contributed by atoms with Gasteiger partial charge in [0.2, 0.25) is 0 Å². The summed E-state index contributed by atoms with van der Waals surface area (Å²) in [5, 5.41) is 5.13. The van der Waals surface area contributed by atoms with Crippen molar-refractivity contribution in [3.8, 4) is 0 Å². The van der Waals surface area contributed by atoms with Crippen LogP contribution in [0.15, 0.2) is 43.0 Å². The Bertz CT molecular complexity index is 929. The second-order valence-electron chi connectivity index (χ2n) is 6.01. The number of hydrogen-bond donors (Lipinski definition) is 2. The maximum atomic E-state index is 12.8. The minimum Gasteiger partial charge on any atom is -0.321 e. The van der Waals surface area contributed by atoms with Gasteiger partial charge in [-0.25, -0.2) is 0 Å². The Morgan fingerprint density at radius 1 is 1.12 bits per heavy atom. The van der Waals surface area contributed by atoms with Crippen molar-refractivity contribution in [2.24, 2.45) is 0 Å². The predicted octanol–water partition coefficient (Wildman–Crippen LogP) is 3.17. The minimum absolute atomic E-state index is 0.126. The molecule has 0 bridgehead atoms. The number of nitrogens with one attached hydrogen (secondary N) is 2. The number of anilines is 1. The molecule has 0 aromatic heterocycles. The van der Waals surface area contributed by atoms with Gasteiger partial charge in [-0.1, -0.05) is 24.3 Å². The van der Waals surface area contributed by atoms with Gasteiger partial charge in [0.1, 0.15) is 0 Å². The molecule has 0 saturated carbocycles. The Labute approximate surface area is 145 Å². The number of allylic oxidation sites excluding steroid dienone is 1. The summed E-state index contributed by atoms with van der Waals surface area (Å²) in [7, 11) is 0. The molecule has 0 radical (unpaired) electrons. The molecule has 5 nitrogen and oxygen atoms in total. The van der Waals surface area contributed by atoms with E-state index in [9.17, 15) is 14.4 Å². The first-order chi connectivity index (χ1) is 11.9. The van der Waals surface area contributed by atoms with E-state index in [2.05, 4.69) is 17.2 Å². The molecule has 3 amide bonds. The van der Waals surface area contributed by atoms with Crippen LogP contribution >= 0.6 is 0 Å². The average molecular weight is 334 g/mol. The maximum absolute atomic E-state index is 12.8. The zero-order valence-corrected chi connectivity index (χ0v) is 14.1. The number of rotatable bonds is 4. The normalized spacial score (nSPS) is 12.6. The van der Waals surface area contributed by atoms with Crippen molar-refractivity contribution in [2.75, 3.05) is 5.32 Å². The summed E-state index contributed by atoms with van der Waals surface area (Å²) in [4.78, 5) is 36.6. The van der Waals surface area contributed by atoms with Crippen LogP contribution in [-0.4, -0.2) is 17.7 Å². The summed E-state index contributed by atoms with van der Waals surface area (Å²) < 4.78 is 0. The maximum Gasteiger partial charge on any atom is 0.259 e. The van der Waals surface area contributed by atoms with Gasteiger partial charge in [0, 0.05) is 5.69 Å². The van der Waals surface area contributed by atoms with Gasteiger partial charge in [-0.05, 0) is 49.1 Å². The monoisotopic (exact) mass is 334 g/mol. The molecule has 25 heavy (non-hydrogen) atoms. The molecule has 0 spiro atoms. The number of benzene rings is 2. The number of hydrogen-bond acceptors (Lipinski definition) is 3. The van der Waals surface area contributed by atoms with Gasteiger partial charge in [-0.3, -0.25) is 19.7 Å². The Morgan fingerprint density at radius 3 is 2.56 bits per heavy atom. The molecule has 126 valence electrons. The third-order valence-electron chi connectivity index (χ3n) is 4.35. The van der Waals surface area contributed by atoms with Gasteiger partial charge < -0.3 is 5.32 Å². The topological polar surface area (TPSA) is 75.3 Å². The highest BCUT2D eigenvalue weighted by atomic mass is 16.2. The molecule has 2 aromatic rings. The second-order valence-corrected chi connectivity index (χ2v) is 6.01. The lowest BCUT2D eigenvalue weighted by molar-refractivity contribution is 0.0875. The van der Waals surface area contributed by atoms with E-state index in [0.29, 0.717) is 12.1 Å². The highest BCUT2D eigenvalue weighted by Crippen LogP contribution is 2.27. The largest absolute Gasteiger partial charge is 0.321 e. The molecule has 2 N–H and O–H groups in total. The zero-order chi connectivity index (χ0) is 18.1. The fourth-order valence-corrected chi connectivity index (χ4v) is 3.04. The molecule has 1 aliphatic heterocycles.